The Morgan fingerprint density at radius 1 is 1.15 bits per heavy atom. The summed E-state index contributed by atoms with van der Waals surface area (Å²) < 4.78 is 0. The lowest BCUT2D eigenvalue weighted by Crippen LogP contribution is -2.58. The van der Waals surface area contributed by atoms with Gasteiger partial charge in [0.1, 0.15) is 0 Å². The Morgan fingerprint density at radius 2 is 1.92 bits per heavy atom. The van der Waals surface area contributed by atoms with Crippen LogP contribution >= 0.6 is 0 Å². The summed E-state index contributed by atoms with van der Waals surface area (Å²) in [5.41, 5.74) is 1.20. The van der Waals surface area contributed by atoms with Crippen molar-refractivity contribution < 1.29 is 10.2 Å². The molecule has 8 atom stereocenters. The Kier molecular flexibility index (Phi) is 4.33. The molecule has 26 heavy (non-hydrogen) atoms. The Morgan fingerprint density at radius 3 is 2.62 bits per heavy atom. The molecule has 4 fully saturated rings. The summed E-state index contributed by atoms with van der Waals surface area (Å²) in [5.74, 6) is 2.85. The van der Waals surface area contributed by atoms with Crippen LogP contribution in [0.3, 0.4) is 0 Å². The summed E-state index contributed by atoms with van der Waals surface area (Å²) >= 11 is 0. The zero-order valence-electron chi connectivity index (χ0n) is 16.7. The molecule has 2 N–H and O–H groups in total. The van der Waals surface area contributed by atoms with Gasteiger partial charge in [-0.05, 0) is 98.7 Å². The van der Waals surface area contributed by atoms with Crippen LogP contribution in [0.25, 0.3) is 4.85 Å². The minimum absolute atomic E-state index is 0.114. The number of allylic oxidation sites excluding steroid dienone is 1. The Labute approximate surface area is 158 Å². The van der Waals surface area contributed by atoms with Crippen LogP contribution in [0.1, 0.15) is 72.1 Å². The minimum Gasteiger partial charge on any atom is -0.396 e. The molecule has 3 heteroatoms. The van der Waals surface area contributed by atoms with E-state index >= 15 is 0 Å². The van der Waals surface area contributed by atoms with Crippen molar-refractivity contribution >= 4 is 0 Å². The molecule has 4 saturated carbocycles. The van der Waals surface area contributed by atoms with Gasteiger partial charge in [0, 0.05) is 6.61 Å². The summed E-state index contributed by atoms with van der Waals surface area (Å²) in [7, 11) is 0. The predicted octanol–water partition coefficient (Wildman–Crippen LogP) is 4.80. The first-order valence-corrected chi connectivity index (χ1v) is 10.6. The summed E-state index contributed by atoms with van der Waals surface area (Å²) in [6.45, 7) is 14.4. The molecular formula is C23H35NO2. The smallest absolute Gasteiger partial charge is 0.154 e. The van der Waals surface area contributed by atoms with E-state index in [4.69, 9.17) is 6.57 Å². The first-order chi connectivity index (χ1) is 12.2. The average Bonchev–Trinajstić information content (AvgIpc) is 2.91. The second-order valence-corrected chi connectivity index (χ2v) is 10.7. The molecule has 0 aliphatic heterocycles. The van der Waals surface area contributed by atoms with Crippen molar-refractivity contribution in [3.63, 3.8) is 0 Å². The fourth-order valence-corrected chi connectivity index (χ4v) is 8.14. The maximum absolute atomic E-state index is 10.6. The highest BCUT2D eigenvalue weighted by molar-refractivity contribution is 5.26. The molecular weight excluding hydrogens is 322 g/mol. The number of hydrogen-bond acceptors (Lipinski definition) is 2. The molecule has 0 aromatic heterocycles. The highest BCUT2D eigenvalue weighted by Crippen LogP contribution is 2.69. The SMILES string of the molecule is [C-]#[N+]/C=C1/CC[C@H]2[C@@H]3CC[C@H]4C[C@](C)(O)CC[C@]4(C)[C@H]3[C@@H](CO)C[C@]12C. The van der Waals surface area contributed by atoms with Gasteiger partial charge in [-0.25, -0.2) is 4.85 Å². The van der Waals surface area contributed by atoms with Crippen molar-refractivity contribution in [1.82, 2.24) is 0 Å². The van der Waals surface area contributed by atoms with Gasteiger partial charge < -0.3 is 10.2 Å². The lowest BCUT2D eigenvalue weighted by molar-refractivity contribution is -0.166. The quantitative estimate of drug-likeness (QED) is 0.662. The predicted molar refractivity (Wildman–Crippen MR) is 103 cm³/mol. The number of hydrogen-bond donors (Lipinski definition) is 2. The first-order valence-electron chi connectivity index (χ1n) is 10.6. The van der Waals surface area contributed by atoms with Crippen LogP contribution in [-0.2, 0) is 0 Å². The fourth-order valence-electron chi connectivity index (χ4n) is 8.14. The number of fused-ring (bicyclic) bond motifs is 5. The average molecular weight is 358 g/mol. The normalized spacial score (nSPS) is 54.9. The van der Waals surface area contributed by atoms with Gasteiger partial charge in [0.05, 0.1) is 12.2 Å². The number of aliphatic hydroxyl groups excluding tert-OH is 1. The topological polar surface area (TPSA) is 44.8 Å². The molecule has 0 aromatic carbocycles. The van der Waals surface area contributed by atoms with E-state index in [0.717, 1.165) is 32.1 Å². The molecule has 0 radical (unpaired) electrons. The lowest BCUT2D eigenvalue weighted by Gasteiger charge is -2.63. The van der Waals surface area contributed by atoms with Gasteiger partial charge in [-0.15, -0.1) is 0 Å². The summed E-state index contributed by atoms with van der Waals surface area (Å²) in [6, 6.07) is 0. The van der Waals surface area contributed by atoms with Gasteiger partial charge in [0.2, 0.25) is 0 Å². The molecule has 0 saturated heterocycles. The third-order valence-electron chi connectivity index (χ3n) is 9.33. The molecule has 0 aromatic rings. The van der Waals surface area contributed by atoms with Crippen molar-refractivity contribution in [2.45, 2.75) is 77.7 Å². The molecule has 0 amide bonds. The molecule has 4 aliphatic rings. The third kappa shape index (κ3) is 2.52. The van der Waals surface area contributed by atoms with E-state index in [9.17, 15) is 10.2 Å². The fraction of sp³-hybridized carbons (Fsp3) is 0.870. The molecule has 4 rings (SSSR count). The van der Waals surface area contributed by atoms with E-state index in [-0.39, 0.29) is 17.4 Å². The third-order valence-corrected chi connectivity index (χ3v) is 9.33. The van der Waals surface area contributed by atoms with Gasteiger partial charge in [0.25, 0.3) is 0 Å². The second kappa shape index (κ2) is 6.08. The van der Waals surface area contributed by atoms with Gasteiger partial charge in [-0.3, -0.25) is 0 Å². The zero-order valence-corrected chi connectivity index (χ0v) is 16.7. The Hall–Kier alpha value is -0.850. The summed E-state index contributed by atoms with van der Waals surface area (Å²) in [4.78, 5) is 3.60. The molecule has 0 bridgehead atoms. The largest absolute Gasteiger partial charge is 0.396 e. The van der Waals surface area contributed by atoms with Crippen LogP contribution < -0.4 is 0 Å². The van der Waals surface area contributed by atoms with Crippen molar-refractivity contribution in [3.05, 3.63) is 23.2 Å². The van der Waals surface area contributed by atoms with E-state index in [0.29, 0.717) is 29.6 Å². The Balaban J connectivity index is 1.71. The molecule has 144 valence electrons. The van der Waals surface area contributed by atoms with Crippen LogP contribution in [-0.4, -0.2) is 22.4 Å². The van der Waals surface area contributed by atoms with E-state index in [1.54, 1.807) is 6.20 Å². The molecule has 0 heterocycles. The second-order valence-electron chi connectivity index (χ2n) is 10.7. The molecule has 0 spiro atoms. The van der Waals surface area contributed by atoms with Crippen LogP contribution in [0.2, 0.25) is 0 Å². The number of rotatable bonds is 1. The highest BCUT2D eigenvalue weighted by atomic mass is 16.3. The van der Waals surface area contributed by atoms with Gasteiger partial charge >= 0.3 is 0 Å². The van der Waals surface area contributed by atoms with E-state index in [2.05, 4.69) is 18.7 Å². The van der Waals surface area contributed by atoms with E-state index < -0.39 is 5.60 Å². The van der Waals surface area contributed by atoms with Gasteiger partial charge in [-0.2, -0.15) is 0 Å². The van der Waals surface area contributed by atoms with Crippen molar-refractivity contribution in [2.24, 2.45) is 40.4 Å². The number of aliphatic hydroxyl groups is 2. The maximum Gasteiger partial charge on any atom is 0.154 e. The van der Waals surface area contributed by atoms with E-state index in [1.165, 1.54) is 24.8 Å². The van der Waals surface area contributed by atoms with Crippen molar-refractivity contribution in [2.75, 3.05) is 6.61 Å². The maximum atomic E-state index is 10.6. The zero-order chi connectivity index (χ0) is 18.7. The van der Waals surface area contributed by atoms with Gasteiger partial charge in [-0.1, -0.05) is 19.4 Å². The summed E-state index contributed by atoms with van der Waals surface area (Å²) in [6.07, 6.45) is 10.5. The highest BCUT2D eigenvalue weighted by Gasteiger charge is 2.62. The molecule has 4 aliphatic carbocycles. The van der Waals surface area contributed by atoms with E-state index in [1.807, 2.05) is 6.92 Å². The summed E-state index contributed by atoms with van der Waals surface area (Å²) in [5, 5.41) is 21.0. The van der Waals surface area contributed by atoms with Crippen LogP contribution in [0.15, 0.2) is 11.8 Å². The first kappa shape index (κ1) is 18.5. The lowest BCUT2D eigenvalue weighted by atomic mass is 9.42. The monoisotopic (exact) mass is 357 g/mol. The van der Waals surface area contributed by atoms with Crippen LogP contribution in [0, 0.1) is 47.0 Å². The van der Waals surface area contributed by atoms with Gasteiger partial charge in [0.15, 0.2) is 6.20 Å². The molecule has 0 unspecified atom stereocenters. The van der Waals surface area contributed by atoms with Crippen LogP contribution in [0.5, 0.6) is 0 Å². The standard InChI is InChI=1S/C23H35NO2/c1-21(26)9-10-22(2)16(12-21)5-7-18-19-8-6-17(13-24-4)23(19,3)11-15(14-25)20(18)22/h13,15-16,18-20,25-26H,5-12,14H2,1-3H3/b17-13-/t15-,16+,18+,19+,20+,21-,22+,23-/m1/s1. The van der Waals surface area contributed by atoms with Crippen LogP contribution in [0.4, 0.5) is 0 Å². The van der Waals surface area contributed by atoms with Crippen molar-refractivity contribution in [3.8, 4) is 0 Å². The van der Waals surface area contributed by atoms with Crippen molar-refractivity contribution in [1.29, 1.82) is 0 Å². The Bertz CT molecular complexity index is 647. The molecule has 3 nitrogen and oxygen atoms in total. The number of nitrogens with zero attached hydrogens (tertiary/aromatic N) is 1. The minimum atomic E-state index is -0.506.